The number of hydrogen-bond acceptors (Lipinski definition) is 14. The lowest BCUT2D eigenvalue weighted by Crippen LogP contribution is -2.52. The predicted molar refractivity (Wildman–Crippen MR) is 267 cm³/mol. The number of likely N-dealkylation sites (tertiary alicyclic amines) is 1. The summed E-state index contributed by atoms with van der Waals surface area (Å²) in [5.41, 5.74) is 2.02. The zero-order chi connectivity index (χ0) is 53.4. The van der Waals surface area contributed by atoms with Crippen LogP contribution in [0.25, 0.3) is 22.3 Å². The number of halogens is 1. The van der Waals surface area contributed by atoms with E-state index in [0.717, 1.165) is 39.8 Å². The summed E-state index contributed by atoms with van der Waals surface area (Å²) in [6.45, 7) is 3.34. The van der Waals surface area contributed by atoms with Gasteiger partial charge in [-0.25, -0.2) is 14.2 Å². The number of unbranched alkanes of at least 4 members (excludes halogenated alkanes) is 2. The van der Waals surface area contributed by atoms with Crippen molar-refractivity contribution in [1.29, 1.82) is 0 Å². The highest BCUT2D eigenvalue weighted by Crippen LogP contribution is 2.41. The summed E-state index contributed by atoms with van der Waals surface area (Å²) in [6.07, 6.45) is 5.84. The molecule has 0 aliphatic carbocycles. The van der Waals surface area contributed by atoms with Crippen LogP contribution in [0.4, 0.5) is 4.39 Å². The lowest BCUT2D eigenvalue weighted by Gasteiger charge is -2.31. The molecule has 75 heavy (non-hydrogen) atoms. The maximum Gasteiger partial charge on any atom is 0.343 e. The van der Waals surface area contributed by atoms with E-state index in [9.17, 15) is 48.3 Å². The van der Waals surface area contributed by atoms with Gasteiger partial charge in [0.25, 0.3) is 17.4 Å². The fourth-order valence-corrected chi connectivity index (χ4v) is 9.84. The average molecular weight is 1030 g/mol. The van der Waals surface area contributed by atoms with Crippen LogP contribution >= 0.6 is 0 Å². The van der Waals surface area contributed by atoms with Crippen molar-refractivity contribution in [3.63, 3.8) is 0 Å². The number of imide groups is 1. The predicted octanol–water partition coefficient (Wildman–Crippen LogP) is 1.14. The van der Waals surface area contributed by atoms with Crippen LogP contribution in [0.2, 0.25) is 0 Å². The Morgan fingerprint density at radius 2 is 1.61 bits per heavy atom. The first-order valence-electron chi connectivity index (χ1n) is 25.1. The molecule has 4 aliphatic rings. The number of nitrogens with zero attached hydrogens (tertiary/aromatic N) is 4. The molecule has 7 amide bonds. The number of esters is 1. The molecule has 396 valence electrons. The summed E-state index contributed by atoms with van der Waals surface area (Å²) >= 11 is 0. The number of amides is 7. The third-order valence-electron chi connectivity index (χ3n) is 14.1. The number of pyridine rings is 2. The van der Waals surface area contributed by atoms with Crippen LogP contribution in [0, 0.1) is 12.7 Å². The van der Waals surface area contributed by atoms with Gasteiger partial charge in [-0.15, -0.1) is 0 Å². The number of fused-ring (bicyclic) bond motifs is 5. The van der Waals surface area contributed by atoms with Gasteiger partial charge < -0.3 is 45.7 Å². The molecule has 2 aromatic heterocycles. The third kappa shape index (κ3) is 12.3. The minimum atomic E-state index is -2.00. The van der Waals surface area contributed by atoms with E-state index in [1.54, 1.807) is 60.9 Å². The van der Waals surface area contributed by atoms with Gasteiger partial charge in [0.2, 0.25) is 29.5 Å². The van der Waals surface area contributed by atoms with Gasteiger partial charge in [0.1, 0.15) is 25.2 Å². The molecule has 1 saturated heterocycles. The average Bonchev–Trinajstić information content (AvgIpc) is 4.10. The van der Waals surface area contributed by atoms with Crippen LogP contribution < -0.4 is 32.1 Å². The van der Waals surface area contributed by atoms with Crippen molar-refractivity contribution >= 4 is 58.2 Å². The molecular weight excluding hydrogens is 974 g/mol. The monoisotopic (exact) mass is 1030 g/mol. The Morgan fingerprint density at radius 3 is 2.37 bits per heavy atom. The Labute approximate surface area is 430 Å². The zero-order valence-corrected chi connectivity index (χ0v) is 41.8. The fourth-order valence-electron chi connectivity index (χ4n) is 9.84. The molecule has 2 aromatic carbocycles. The van der Waals surface area contributed by atoms with Gasteiger partial charge in [-0.3, -0.25) is 48.2 Å². The molecule has 3 atom stereocenters. The van der Waals surface area contributed by atoms with E-state index in [1.807, 2.05) is 0 Å². The maximum atomic E-state index is 15.1. The maximum absolute atomic E-state index is 15.1. The van der Waals surface area contributed by atoms with E-state index >= 15 is 4.39 Å². The molecule has 1 fully saturated rings. The Morgan fingerprint density at radius 1 is 0.893 bits per heavy atom. The highest BCUT2D eigenvalue weighted by Gasteiger charge is 2.46. The molecule has 0 saturated carbocycles. The number of cyclic esters (lactones) is 1. The van der Waals surface area contributed by atoms with Crippen LogP contribution in [0.5, 0.6) is 0 Å². The number of rotatable bonds is 23. The van der Waals surface area contributed by atoms with Gasteiger partial charge in [0.05, 0.1) is 55.3 Å². The second-order valence-electron chi connectivity index (χ2n) is 19.1. The van der Waals surface area contributed by atoms with Gasteiger partial charge in [-0.05, 0) is 74.4 Å². The highest BCUT2D eigenvalue weighted by atomic mass is 19.1. The summed E-state index contributed by atoms with van der Waals surface area (Å²) in [4.78, 5) is 122. The van der Waals surface area contributed by atoms with Gasteiger partial charge in [0, 0.05) is 66.7 Å². The van der Waals surface area contributed by atoms with E-state index in [4.69, 9.17) is 14.5 Å². The molecule has 8 rings (SSSR count). The van der Waals surface area contributed by atoms with Crippen LogP contribution in [0.3, 0.4) is 0 Å². The molecule has 4 aromatic rings. The normalized spacial score (nSPS) is 18.1. The van der Waals surface area contributed by atoms with Crippen molar-refractivity contribution in [2.45, 2.75) is 103 Å². The summed E-state index contributed by atoms with van der Waals surface area (Å²) in [5, 5.41) is 24.8. The van der Waals surface area contributed by atoms with E-state index < -0.39 is 65.7 Å². The van der Waals surface area contributed by atoms with Crippen molar-refractivity contribution in [3.8, 4) is 11.4 Å². The van der Waals surface area contributed by atoms with Crippen LogP contribution in [-0.2, 0) is 79.5 Å². The Hall–Kier alpha value is -7.69. The number of aromatic nitrogens is 2. The lowest BCUT2D eigenvalue weighted by atomic mass is 9.86. The van der Waals surface area contributed by atoms with Crippen molar-refractivity contribution in [2.24, 2.45) is 0 Å². The topological polar surface area (TPSA) is 277 Å². The molecule has 21 nitrogen and oxygen atoms in total. The van der Waals surface area contributed by atoms with Crippen molar-refractivity contribution in [1.82, 2.24) is 45.9 Å². The lowest BCUT2D eigenvalue weighted by molar-refractivity contribution is -0.172. The van der Waals surface area contributed by atoms with E-state index in [0.29, 0.717) is 54.8 Å². The number of benzene rings is 2. The molecular formula is C53H60FN9O12. The minimum Gasteiger partial charge on any atom is -0.458 e. The fraction of sp³-hybridized carbons (Fsp3) is 0.434. The SMILES string of the molecule is CC[C@@]1(O)C(=O)OCc2c1cc1n(c2=O)Cc2c-1nc1cc(F)c(C)cc1c2CN1CCC[C@@H]1COCNC(=O)CNC(=O)[C@H](Cc1ccccc1)NC(=O)CNC(=O)CNC(=O)CCCCCN1C(=O)C=CC1=O. The number of carbonyl (C=O) groups excluding carboxylic acids is 8. The molecule has 0 bridgehead atoms. The number of nitrogens with one attached hydrogen (secondary N) is 5. The van der Waals surface area contributed by atoms with Gasteiger partial charge in [-0.1, -0.05) is 43.7 Å². The Bertz CT molecular complexity index is 3000. The number of hydrogen-bond donors (Lipinski definition) is 6. The molecule has 0 spiro atoms. The largest absolute Gasteiger partial charge is 0.458 e. The van der Waals surface area contributed by atoms with E-state index in [1.165, 1.54) is 18.2 Å². The standard InChI is InChI=1S/C53H60FN9O12/c1-3-53(73)38-21-42-49-36(27-63(42)51(71)37(38)29-75-52(53)72)35(34-19-31(2)39(54)22-40(34)60-49)26-61-17-10-13-33(61)28-74-30-58-45(66)24-57-50(70)41(20-32-11-6-4-7-12-32)59-46(67)25-56-44(65)23-55-43(64)14-8-5-9-18-62-47(68)15-16-48(62)69/h4,6-7,11-12,15-16,19,21-22,33,41,73H,3,5,8-10,13-14,17-18,20,23-30H2,1-2H3,(H,55,64)(H,56,65)(H,57,70)(H,58,66)(H,59,67)/t33-,41+,53+/m1/s1. The van der Waals surface area contributed by atoms with Gasteiger partial charge >= 0.3 is 5.97 Å². The first kappa shape index (κ1) is 53.6. The highest BCUT2D eigenvalue weighted by molar-refractivity contribution is 6.12. The first-order chi connectivity index (χ1) is 36.0. The smallest absolute Gasteiger partial charge is 0.343 e. The minimum absolute atomic E-state index is 0.00974. The van der Waals surface area contributed by atoms with Crippen LogP contribution in [0.15, 0.2) is 65.5 Å². The Kier molecular flexibility index (Phi) is 16.9. The summed E-state index contributed by atoms with van der Waals surface area (Å²) in [6, 6.07) is 12.5. The quantitative estimate of drug-likeness (QED) is 0.0232. The third-order valence-corrected chi connectivity index (χ3v) is 14.1. The molecule has 0 unspecified atom stereocenters. The number of aryl methyl sites for hydroxylation is 1. The molecule has 0 radical (unpaired) electrons. The Balaban J connectivity index is 0.805. The second-order valence-corrected chi connectivity index (χ2v) is 19.1. The van der Waals surface area contributed by atoms with Crippen LogP contribution in [-0.4, -0.2) is 130 Å². The molecule has 6 N–H and O–H groups in total. The first-order valence-corrected chi connectivity index (χ1v) is 25.1. The van der Waals surface area contributed by atoms with Crippen LogP contribution in [0.1, 0.15) is 85.3 Å². The number of carbonyl (C=O) groups is 8. The van der Waals surface area contributed by atoms with E-state index in [2.05, 4.69) is 31.5 Å². The second kappa shape index (κ2) is 23.7. The molecule has 4 aliphatic heterocycles. The van der Waals surface area contributed by atoms with Gasteiger partial charge in [0.15, 0.2) is 5.60 Å². The van der Waals surface area contributed by atoms with Gasteiger partial charge in [-0.2, -0.15) is 0 Å². The molecule has 6 heterocycles. The molecule has 22 heteroatoms. The van der Waals surface area contributed by atoms with Crippen molar-refractivity contribution < 1.29 is 57.3 Å². The number of aliphatic hydroxyl groups is 1. The summed E-state index contributed by atoms with van der Waals surface area (Å²) < 4.78 is 27.9. The van der Waals surface area contributed by atoms with E-state index in [-0.39, 0.29) is 93.7 Å². The van der Waals surface area contributed by atoms with Crippen molar-refractivity contribution in [3.05, 3.63) is 110 Å². The summed E-state index contributed by atoms with van der Waals surface area (Å²) in [7, 11) is 0. The van der Waals surface area contributed by atoms with Crippen molar-refractivity contribution in [2.75, 3.05) is 46.1 Å². The summed E-state index contributed by atoms with van der Waals surface area (Å²) in [5.74, 6) is -4.89. The zero-order valence-electron chi connectivity index (χ0n) is 41.8. The number of ether oxygens (including phenoxy) is 2.